The second-order valence-electron chi connectivity index (χ2n) is 8.33. The first-order chi connectivity index (χ1) is 16.6. The van der Waals surface area contributed by atoms with Crippen LogP contribution in [0.15, 0.2) is 72.8 Å². The van der Waals surface area contributed by atoms with E-state index in [2.05, 4.69) is 11.5 Å². The summed E-state index contributed by atoms with van der Waals surface area (Å²) >= 11 is 0. The monoisotopic (exact) mass is 462 g/mol. The standard InChI is InChI=1S/C27H30N2O5/c1-2-17-34-22-11-9-20(10-12-22)24-23(25(30)21-7-4-3-5-8-21)26(31)27(32)29(24)14-6-13-28-15-18-33-19-16-28/h2-5,7-12,24,30H,1,6,13-19H2/b25-23+/t24-/m0/s1. The molecule has 2 fully saturated rings. The van der Waals surface area contributed by atoms with Crippen molar-refractivity contribution in [2.75, 3.05) is 46.0 Å². The second kappa shape index (κ2) is 11.1. The smallest absolute Gasteiger partial charge is 0.295 e. The third-order valence-corrected chi connectivity index (χ3v) is 6.13. The SMILES string of the molecule is C=CCOc1ccc([C@H]2/C(=C(\O)c3ccccc3)C(=O)C(=O)N2CCCN2CCOCC2)cc1. The van der Waals surface area contributed by atoms with Crippen molar-refractivity contribution in [3.8, 4) is 5.75 Å². The van der Waals surface area contributed by atoms with Gasteiger partial charge in [-0.2, -0.15) is 0 Å². The zero-order chi connectivity index (χ0) is 23.9. The fourth-order valence-corrected chi connectivity index (χ4v) is 4.40. The van der Waals surface area contributed by atoms with Gasteiger partial charge in [-0.25, -0.2) is 0 Å². The Labute approximate surface area is 199 Å². The van der Waals surface area contributed by atoms with Gasteiger partial charge in [-0.05, 0) is 24.1 Å². The zero-order valence-corrected chi connectivity index (χ0v) is 19.2. The zero-order valence-electron chi connectivity index (χ0n) is 19.2. The van der Waals surface area contributed by atoms with Gasteiger partial charge < -0.3 is 19.5 Å². The van der Waals surface area contributed by atoms with E-state index in [1.54, 1.807) is 47.4 Å². The fourth-order valence-electron chi connectivity index (χ4n) is 4.40. The molecule has 2 heterocycles. The van der Waals surface area contributed by atoms with Crippen molar-refractivity contribution in [1.29, 1.82) is 0 Å². The molecule has 0 saturated carbocycles. The number of aliphatic hydroxyl groups is 1. The molecular weight excluding hydrogens is 432 g/mol. The number of ether oxygens (including phenoxy) is 2. The van der Waals surface area contributed by atoms with Gasteiger partial charge in [0.1, 0.15) is 18.1 Å². The lowest BCUT2D eigenvalue weighted by Gasteiger charge is -2.29. The first-order valence-electron chi connectivity index (χ1n) is 11.6. The van der Waals surface area contributed by atoms with Crippen LogP contribution < -0.4 is 4.74 Å². The highest BCUT2D eigenvalue weighted by Crippen LogP contribution is 2.39. The summed E-state index contributed by atoms with van der Waals surface area (Å²) in [4.78, 5) is 30.1. The van der Waals surface area contributed by atoms with Crippen LogP contribution in [0.25, 0.3) is 5.76 Å². The molecule has 0 bridgehead atoms. The van der Waals surface area contributed by atoms with Crippen LogP contribution in [-0.4, -0.2) is 72.6 Å². The highest BCUT2D eigenvalue weighted by Gasteiger charge is 2.45. The minimum absolute atomic E-state index is 0.113. The first-order valence-corrected chi connectivity index (χ1v) is 11.6. The van der Waals surface area contributed by atoms with E-state index in [4.69, 9.17) is 9.47 Å². The Kier molecular flexibility index (Phi) is 7.77. The van der Waals surface area contributed by atoms with Crippen molar-refractivity contribution < 1.29 is 24.2 Å². The number of benzene rings is 2. The molecule has 178 valence electrons. The number of hydrogen-bond acceptors (Lipinski definition) is 6. The number of aliphatic hydroxyl groups excluding tert-OH is 1. The van der Waals surface area contributed by atoms with Crippen LogP contribution in [0.1, 0.15) is 23.6 Å². The van der Waals surface area contributed by atoms with Crippen molar-refractivity contribution in [3.05, 3.63) is 84.0 Å². The molecule has 2 saturated heterocycles. The Morgan fingerprint density at radius 1 is 1.06 bits per heavy atom. The highest BCUT2D eigenvalue weighted by atomic mass is 16.5. The third kappa shape index (κ3) is 5.21. The molecule has 1 amide bonds. The van der Waals surface area contributed by atoms with Crippen molar-refractivity contribution in [1.82, 2.24) is 9.80 Å². The Bertz CT molecular complexity index is 1040. The topological polar surface area (TPSA) is 79.3 Å². The number of hydrogen-bond donors (Lipinski definition) is 1. The van der Waals surface area contributed by atoms with Crippen LogP contribution in [0.3, 0.4) is 0 Å². The van der Waals surface area contributed by atoms with E-state index in [0.29, 0.717) is 37.7 Å². The Hall–Kier alpha value is -3.42. The van der Waals surface area contributed by atoms with E-state index in [1.807, 2.05) is 18.2 Å². The van der Waals surface area contributed by atoms with Crippen LogP contribution in [0, 0.1) is 0 Å². The van der Waals surface area contributed by atoms with E-state index in [0.717, 1.165) is 31.6 Å². The summed E-state index contributed by atoms with van der Waals surface area (Å²) in [6.07, 6.45) is 2.38. The molecule has 2 aliphatic rings. The first kappa shape index (κ1) is 23.7. The Morgan fingerprint density at radius 3 is 2.44 bits per heavy atom. The van der Waals surface area contributed by atoms with E-state index >= 15 is 0 Å². The predicted octanol–water partition coefficient (Wildman–Crippen LogP) is 3.40. The van der Waals surface area contributed by atoms with E-state index in [9.17, 15) is 14.7 Å². The predicted molar refractivity (Wildman–Crippen MR) is 129 cm³/mol. The summed E-state index contributed by atoms with van der Waals surface area (Å²) in [6.45, 7) is 8.40. The molecule has 0 radical (unpaired) electrons. The highest BCUT2D eigenvalue weighted by molar-refractivity contribution is 6.46. The normalized spacial score (nSPS) is 20.5. The molecule has 34 heavy (non-hydrogen) atoms. The summed E-state index contributed by atoms with van der Waals surface area (Å²) in [6, 6.07) is 15.5. The van der Waals surface area contributed by atoms with E-state index < -0.39 is 17.7 Å². The van der Waals surface area contributed by atoms with Gasteiger partial charge in [0, 0.05) is 31.7 Å². The van der Waals surface area contributed by atoms with Gasteiger partial charge in [-0.1, -0.05) is 55.1 Å². The summed E-state index contributed by atoms with van der Waals surface area (Å²) in [7, 11) is 0. The molecule has 7 nitrogen and oxygen atoms in total. The molecule has 1 N–H and O–H groups in total. The second-order valence-corrected chi connectivity index (χ2v) is 8.33. The van der Waals surface area contributed by atoms with Gasteiger partial charge in [0.15, 0.2) is 0 Å². The molecular formula is C27H30N2O5. The quantitative estimate of drug-likeness (QED) is 0.266. The van der Waals surface area contributed by atoms with Crippen molar-refractivity contribution in [2.45, 2.75) is 12.5 Å². The van der Waals surface area contributed by atoms with Gasteiger partial charge >= 0.3 is 0 Å². The molecule has 2 aromatic carbocycles. The molecule has 7 heteroatoms. The van der Waals surface area contributed by atoms with Gasteiger partial charge in [-0.3, -0.25) is 14.5 Å². The lowest BCUT2D eigenvalue weighted by molar-refractivity contribution is -0.140. The summed E-state index contributed by atoms with van der Waals surface area (Å²) in [5.41, 5.74) is 1.36. The number of Topliss-reactive ketones (excluding diaryl/α,β-unsaturated/α-hetero) is 1. The largest absolute Gasteiger partial charge is 0.507 e. The number of ketones is 1. The number of morpholine rings is 1. The molecule has 2 aliphatic heterocycles. The number of carbonyl (C=O) groups excluding carboxylic acids is 2. The number of rotatable bonds is 9. The van der Waals surface area contributed by atoms with Gasteiger partial charge in [0.25, 0.3) is 11.7 Å². The number of likely N-dealkylation sites (tertiary alicyclic amines) is 1. The average Bonchev–Trinajstić information content (AvgIpc) is 3.13. The van der Waals surface area contributed by atoms with E-state index in [1.165, 1.54) is 0 Å². The molecule has 0 unspecified atom stereocenters. The Balaban J connectivity index is 1.64. The fraction of sp³-hybridized carbons (Fsp3) is 0.333. The minimum Gasteiger partial charge on any atom is -0.507 e. The summed E-state index contributed by atoms with van der Waals surface area (Å²) < 4.78 is 11.0. The van der Waals surface area contributed by atoms with Crippen LogP contribution in [0.5, 0.6) is 5.75 Å². The summed E-state index contributed by atoms with van der Waals surface area (Å²) in [5, 5.41) is 11.1. The maximum atomic E-state index is 13.1. The maximum Gasteiger partial charge on any atom is 0.295 e. The average molecular weight is 463 g/mol. The third-order valence-electron chi connectivity index (χ3n) is 6.13. The maximum absolute atomic E-state index is 13.1. The molecule has 1 atom stereocenters. The molecule has 4 rings (SSSR count). The van der Waals surface area contributed by atoms with Crippen molar-refractivity contribution in [2.24, 2.45) is 0 Å². The lowest BCUT2D eigenvalue weighted by Crippen LogP contribution is -2.38. The van der Waals surface area contributed by atoms with Gasteiger partial charge in [0.2, 0.25) is 0 Å². The molecule has 0 spiro atoms. The Morgan fingerprint density at radius 2 is 1.76 bits per heavy atom. The number of nitrogens with zero attached hydrogens (tertiary/aromatic N) is 2. The summed E-state index contributed by atoms with van der Waals surface area (Å²) in [5.74, 6) is -0.747. The van der Waals surface area contributed by atoms with Crippen molar-refractivity contribution >= 4 is 17.4 Å². The van der Waals surface area contributed by atoms with Crippen molar-refractivity contribution in [3.63, 3.8) is 0 Å². The van der Waals surface area contributed by atoms with Gasteiger partial charge in [-0.15, -0.1) is 0 Å². The van der Waals surface area contributed by atoms with Crippen LogP contribution in [0.2, 0.25) is 0 Å². The number of carbonyl (C=O) groups is 2. The lowest BCUT2D eigenvalue weighted by atomic mass is 9.95. The number of amides is 1. The minimum atomic E-state index is -0.668. The molecule has 0 aliphatic carbocycles. The van der Waals surface area contributed by atoms with Crippen LogP contribution >= 0.6 is 0 Å². The van der Waals surface area contributed by atoms with Crippen LogP contribution in [-0.2, 0) is 14.3 Å². The van der Waals surface area contributed by atoms with E-state index in [-0.39, 0.29) is 11.3 Å². The molecule has 2 aromatic rings. The van der Waals surface area contributed by atoms with Gasteiger partial charge in [0.05, 0.1) is 24.8 Å². The molecule has 0 aromatic heterocycles. The van der Waals surface area contributed by atoms with Crippen LogP contribution in [0.4, 0.5) is 0 Å².